The zero-order chi connectivity index (χ0) is 20.1. The largest absolute Gasteiger partial charge is 0.438 e. The molecule has 4 rings (SSSR count). The van der Waals surface area contributed by atoms with Crippen LogP contribution in [-0.4, -0.2) is 48.8 Å². The fourth-order valence-electron chi connectivity index (χ4n) is 3.72. The number of hydrogen-bond acceptors (Lipinski definition) is 6. The quantitative estimate of drug-likeness (QED) is 0.307. The van der Waals surface area contributed by atoms with Crippen molar-refractivity contribution in [1.29, 1.82) is 0 Å². The van der Waals surface area contributed by atoms with E-state index in [0.717, 1.165) is 18.5 Å². The average molecular weight is 392 g/mol. The molecule has 0 spiro atoms. The number of aromatic nitrogens is 4. The third-order valence-electron chi connectivity index (χ3n) is 5.30. The molecule has 0 aliphatic heterocycles. The van der Waals surface area contributed by atoms with Crippen molar-refractivity contribution >= 4 is 5.84 Å². The molecule has 8 heteroatoms. The van der Waals surface area contributed by atoms with E-state index in [9.17, 15) is 5.21 Å². The van der Waals surface area contributed by atoms with Crippen LogP contribution in [0.4, 0.5) is 0 Å². The lowest BCUT2D eigenvalue weighted by molar-refractivity contribution is 0.256. The molecule has 0 saturated heterocycles. The molecule has 1 saturated carbocycles. The number of pyridine rings is 1. The van der Waals surface area contributed by atoms with Crippen LogP contribution in [0.3, 0.4) is 0 Å². The lowest BCUT2D eigenvalue weighted by Crippen LogP contribution is -2.39. The Bertz CT molecular complexity index is 950. The van der Waals surface area contributed by atoms with Crippen molar-refractivity contribution in [3.8, 4) is 17.3 Å². The van der Waals surface area contributed by atoms with Crippen molar-refractivity contribution in [3.63, 3.8) is 0 Å². The molecule has 0 unspecified atom stereocenters. The van der Waals surface area contributed by atoms with Gasteiger partial charge in [-0.3, -0.25) is 0 Å². The molecule has 150 valence electrons. The highest BCUT2D eigenvalue weighted by atomic mass is 16.5. The van der Waals surface area contributed by atoms with Gasteiger partial charge in [-0.15, -0.1) is 0 Å². The van der Waals surface area contributed by atoms with E-state index in [2.05, 4.69) is 20.2 Å². The summed E-state index contributed by atoms with van der Waals surface area (Å²) < 4.78 is 7.70. The van der Waals surface area contributed by atoms with Crippen molar-refractivity contribution in [2.24, 2.45) is 5.16 Å². The number of rotatable bonds is 5. The van der Waals surface area contributed by atoms with E-state index in [1.165, 1.54) is 25.6 Å². The van der Waals surface area contributed by atoms with Crippen molar-refractivity contribution in [2.75, 3.05) is 7.05 Å². The summed E-state index contributed by atoms with van der Waals surface area (Å²) in [6.45, 7) is 0. The van der Waals surface area contributed by atoms with Crippen LogP contribution >= 0.6 is 0 Å². The van der Waals surface area contributed by atoms with Crippen molar-refractivity contribution in [3.05, 3.63) is 60.8 Å². The first-order valence-corrected chi connectivity index (χ1v) is 9.79. The third kappa shape index (κ3) is 4.21. The molecular formula is C21H24N6O2. The Morgan fingerprint density at radius 2 is 1.97 bits per heavy atom. The van der Waals surface area contributed by atoms with E-state index >= 15 is 0 Å². The number of ether oxygens (including phenoxy) is 1. The number of nitrogens with zero attached hydrogens (tertiary/aromatic N) is 6. The lowest BCUT2D eigenvalue weighted by Gasteiger charge is -2.33. The van der Waals surface area contributed by atoms with E-state index in [-0.39, 0.29) is 0 Å². The molecule has 8 nitrogen and oxygen atoms in total. The summed E-state index contributed by atoms with van der Waals surface area (Å²) in [5.74, 6) is 1.50. The molecule has 1 aromatic carbocycles. The lowest BCUT2D eigenvalue weighted by atomic mass is 9.94. The Morgan fingerprint density at radius 3 is 2.66 bits per heavy atom. The van der Waals surface area contributed by atoms with Gasteiger partial charge in [-0.2, -0.15) is 5.10 Å². The van der Waals surface area contributed by atoms with Gasteiger partial charge in [0.05, 0.1) is 11.3 Å². The molecular weight excluding hydrogens is 368 g/mol. The number of benzene rings is 1. The summed E-state index contributed by atoms with van der Waals surface area (Å²) in [5.41, 5.74) is 1.54. The molecule has 1 N–H and O–H groups in total. The van der Waals surface area contributed by atoms with Crippen LogP contribution < -0.4 is 4.74 Å². The Hall–Kier alpha value is -3.42. The van der Waals surface area contributed by atoms with Gasteiger partial charge in [-0.25, -0.2) is 14.6 Å². The number of hydrogen-bond donors (Lipinski definition) is 1. The Labute approximate surface area is 169 Å². The summed E-state index contributed by atoms with van der Waals surface area (Å²) in [6.07, 6.45) is 10.6. The van der Waals surface area contributed by atoms with Gasteiger partial charge in [0.25, 0.3) is 0 Å². The van der Waals surface area contributed by atoms with Gasteiger partial charge in [-0.1, -0.05) is 24.4 Å². The molecule has 0 atom stereocenters. The predicted molar refractivity (Wildman–Crippen MR) is 109 cm³/mol. The topological polar surface area (TPSA) is 88.7 Å². The second-order valence-corrected chi connectivity index (χ2v) is 7.12. The molecule has 1 fully saturated rings. The first-order chi connectivity index (χ1) is 14.3. The van der Waals surface area contributed by atoms with Crippen molar-refractivity contribution in [1.82, 2.24) is 24.6 Å². The van der Waals surface area contributed by atoms with E-state index < -0.39 is 0 Å². The molecule has 2 aromatic heterocycles. The van der Waals surface area contributed by atoms with Crippen LogP contribution in [0.15, 0.2) is 60.4 Å². The fourth-order valence-corrected chi connectivity index (χ4v) is 3.72. The minimum absolute atomic E-state index is 0.352. The van der Waals surface area contributed by atoms with Crippen molar-refractivity contribution in [2.45, 2.75) is 38.1 Å². The van der Waals surface area contributed by atoms with Gasteiger partial charge >= 0.3 is 0 Å². The summed E-state index contributed by atoms with van der Waals surface area (Å²) in [7, 11) is 1.97. The zero-order valence-corrected chi connectivity index (χ0v) is 16.3. The Morgan fingerprint density at radius 1 is 1.17 bits per heavy atom. The van der Waals surface area contributed by atoms with E-state index in [4.69, 9.17) is 4.74 Å². The van der Waals surface area contributed by atoms with Gasteiger partial charge in [0.2, 0.25) is 5.88 Å². The van der Waals surface area contributed by atoms with Gasteiger partial charge in [-0.05, 0) is 49.2 Å². The van der Waals surface area contributed by atoms with Gasteiger partial charge in [0.15, 0.2) is 5.84 Å². The second kappa shape index (κ2) is 8.72. The van der Waals surface area contributed by atoms with Crippen LogP contribution in [0, 0.1) is 0 Å². The smallest absolute Gasteiger partial charge is 0.230 e. The number of oxime groups is 1. The average Bonchev–Trinajstić information content (AvgIpc) is 3.31. The van der Waals surface area contributed by atoms with Gasteiger partial charge in [0.1, 0.15) is 18.4 Å². The van der Waals surface area contributed by atoms with Gasteiger partial charge in [0, 0.05) is 19.3 Å². The summed E-state index contributed by atoms with van der Waals surface area (Å²) in [5, 5.41) is 17.5. The Kier molecular flexibility index (Phi) is 5.69. The van der Waals surface area contributed by atoms with Crippen LogP contribution in [0.2, 0.25) is 0 Å². The van der Waals surface area contributed by atoms with Gasteiger partial charge < -0.3 is 14.8 Å². The molecule has 1 aliphatic carbocycles. The first kappa shape index (κ1) is 18.9. The fraction of sp³-hybridized carbons (Fsp3) is 0.333. The molecule has 1 aliphatic rings. The monoisotopic (exact) mass is 392 g/mol. The third-order valence-corrected chi connectivity index (χ3v) is 5.30. The normalized spacial score (nSPS) is 15.3. The molecule has 29 heavy (non-hydrogen) atoms. The van der Waals surface area contributed by atoms with Crippen LogP contribution in [0.25, 0.3) is 5.69 Å². The SMILES string of the molecule is CN(/C(=N\O)c1cccnc1Oc1ccc(-n2cncn2)cc1)C1CCCCC1. The molecule has 0 bridgehead atoms. The maximum atomic E-state index is 9.76. The van der Waals surface area contributed by atoms with Crippen LogP contribution in [-0.2, 0) is 0 Å². The highest BCUT2D eigenvalue weighted by Gasteiger charge is 2.24. The minimum atomic E-state index is 0.352. The van der Waals surface area contributed by atoms with Crippen molar-refractivity contribution < 1.29 is 9.94 Å². The Balaban J connectivity index is 1.56. The number of amidine groups is 1. The summed E-state index contributed by atoms with van der Waals surface area (Å²) in [6, 6.07) is 11.5. The summed E-state index contributed by atoms with van der Waals surface area (Å²) in [4.78, 5) is 10.4. The maximum Gasteiger partial charge on any atom is 0.230 e. The summed E-state index contributed by atoms with van der Waals surface area (Å²) >= 11 is 0. The van der Waals surface area contributed by atoms with E-state index in [1.807, 2.05) is 48.3 Å². The second-order valence-electron chi connectivity index (χ2n) is 7.12. The molecule has 0 amide bonds. The molecule has 2 heterocycles. The highest BCUT2D eigenvalue weighted by Crippen LogP contribution is 2.28. The highest BCUT2D eigenvalue weighted by molar-refractivity contribution is 6.00. The van der Waals surface area contributed by atoms with E-state index in [0.29, 0.717) is 29.1 Å². The van der Waals surface area contributed by atoms with Crippen LogP contribution in [0.1, 0.15) is 37.7 Å². The van der Waals surface area contributed by atoms with E-state index in [1.54, 1.807) is 17.2 Å². The predicted octanol–water partition coefficient (Wildman–Crippen LogP) is 3.85. The maximum absolute atomic E-state index is 9.76. The molecule has 3 aromatic rings. The minimum Gasteiger partial charge on any atom is -0.438 e. The van der Waals surface area contributed by atoms with Crippen LogP contribution in [0.5, 0.6) is 11.6 Å². The standard InChI is InChI=1S/C21H24N6O2/c1-26(16-6-3-2-4-7-16)20(25-28)19-8-5-13-23-21(19)29-18-11-9-17(10-12-18)27-15-22-14-24-27/h5,8-16,28H,2-4,6-7H2,1H3/b25-20-. The molecule has 0 radical (unpaired) electrons. The first-order valence-electron chi connectivity index (χ1n) is 9.79. The zero-order valence-electron chi connectivity index (χ0n) is 16.3.